The lowest BCUT2D eigenvalue weighted by molar-refractivity contribution is -0.143. The van der Waals surface area contributed by atoms with Gasteiger partial charge in [0.05, 0.1) is 0 Å². The van der Waals surface area contributed by atoms with Crippen molar-refractivity contribution in [2.45, 2.75) is 26.7 Å². The molecule has 4 amide bonds. The van der Waals surface area contributed by atoms with Gasteiger partial charge in [0.25, 0.3) is 0 Å². The lowest BCUT2D eigenvalue weighted by Crippen LogP contribution is -2.34. The van der Waals surface area contributed by atoms with Crippen molar-refractivity contribution < 1.29 is 14.4 Å². The smallest absolute Gasteiger partial charge is 0.263 e. The number of hydrogen-bond donors (Lipinski definition) is 0. The van der Waals surface area contributed by atoms with Crippen molar-refractivity contribution in [3.8, 4) is 0 Å². The van der Waals surface area contributed by atoms with Crippen LogP contribution < -0.4 is 0 Å². The second-order valence-electron chi connectivity index (χ2n) is 3.20. The molecule has 0 saturated carbocycles. The first-order valence-corrected chi connectivity index (χ1v) is 4.80. The van der Waals surface area contributed by atoms with E-state index < -0.39 is 17.8 Å². The normalized spacial score (nSPS) is 17.1. The van der Waals surface area contributed by atoms with Gasteiger partial charge >= 0.3 is 17.8 Å². The molecule has 1 rings (SSSR count). The Hall–Kier alpha value is -1.39. The Labute approximate surface area is 82.7 Å². The highest BCUT2D eigenvalue weighted by Gasteiger charge is 2.43. The van der Waals surface area contributed by atoms with E-state index in [9.17, 15) is 14.4 Å². The Morgan fingerprint density at radius 1 is 0.857 bits per heavy atom. The van der Waals surface area contributed by atoms with Gasteiger partial charge in [0.15, 0.2) is 0 Å². The number of carbonyl (C=O) groups excluding carboxylic acids is 3. The first-order chi connectivity index (χ1) is 6.63. The summed E-state index contributed by atoms with van der Waals surface area (Å²) in [5.41, 5.74) is 0. The van der Waals surface area contributed by atoms with Crippen molar-refractivity contribution in [2.24, 2.45) is 0 Å². The van der Waals surface area contributed by atoms with Gasteiger partial charge in [-0.3, -0.25) is 19.4 Å². The van der Waals surface area contributed by atoms with Crippen LogP contribution in [0.25, 0.3) is 0 Å². The van der Waals surface area contributed by atoms with Crippen LogP contribution in [0.4, 0.5) is 4.79 Å². The molecule has 1 saturated heterocycles. The number of carbonyl (C=O) groups is 3. The third-order valence-electron chi connectivity index (χ3n) is 2.03. The molecule has 1 aliphatic heterocycles. The minimum Gasteiger partial charge on any atom is -0.263 e. The molecular formula is C9H14N2O3. The summed E-state index contributed by atoms with van der Waals surface area (Å²) in [6, 6.07) is -0.469. The van der Waals surface area contributed by atoms with E-state index in [4.69, 9.17) is 0 Å². The average molecular weight is 198 g/mol. The van der Waals surface area contributed by atoms with Gasteiger partial charge in [0.1, 0.15) is 0 Å². The molecule has 0 aliphatic carbocycles. The van der Waals surface area contributed by atoms with Crippen LogP contribution >= 0.6 is 0 Å². The fourth-order valence-electron chi connectivity index (χ4n) is 1.39. The molecule has 0 spiro atoms. The molecule has 0 unspecified atom stereocenters. The van der Waals surface area contributed by atoms with Crippen molar-refractivity contribution in [1.82, 2.24) is 9.80 Å². The van der Waals surface area contributed by atoms with Crippen LogP contribution in [0.1, 0.15) is 26.7 Å². The van der Waals surface area contributed by atoms with E-state index in [2.05, 4.69) is 0 Å². The average Bonchev–Trinajstić information content (AvgIpc) is 2.36. The molecule has 0 radical (unpaired) electrons. The van der Waals surface area contributed by atoms with Gasteiger partial charge in [-0.15, -0.1) is 0 Å². The first kappa shape index (κ1) is 10.7. The number of nitrogens with zero attached hydrogens (tertiary/aromatic N) is 2. The summed E-state index contributed by atoms with van der Waals surface area (Å²) in [6.45, 7) is 4.36. The van der Waals surface area contributed by atoms with E-state index in [0.29, 0.717) is 25.9 Å². The number of amides is 4. The standard InChI is InChI=1S/C9H14N2O3/c1-3-5-10-7(12)8(13)11(6-4-2)9(10)14/h3-6H2,1-2H3. The zero-order valence-corrected chi connectivity index (χ0v) is 8.45. The second-order valence-corrected chi connectivity index (χ2v) is 3.20. The predicted molar refractivity (Wildman–Crippen MR) is 49.4 cm³/mol. The maximum absolute atomic E-state index is 11.5. The highest BCUT2D eigenvalue weighted by molar-refractivity contribution is 6.44. The number of hydrogen-bond acceptors (Lipinski definition) is 3. The molecule has 1 aliphatic rings. The summed E-state index contributed by atoms with van der Waals surface area (Å²) in [7, 11) is 0. The molecule has 14 heavy (non-hydrogen) atoms. The van der Waals surface area contributed by atoms with Crippen molar-refractivity contribution in [1.29, 1.82) is 0 Å². The summed E-state index contributed by atoms with van der Waals surface area (Å²) in [6.07, 6.45) is 1.34. The predicted octanol–water partition coefficient (Wildman–Crippen LogP) is 0.597. The van der Waals surface area contributed by atoms with E-state index in [0.717, 1.165) is 9.80 Å². The van der Waals surface area contributed by atoms with Gasteiger partial charge < -0.3 is 0 Å². The topological polar surface area (TPSA) is 57.7 Å². The van der Waals surface area contributed by atoms with E-state index in [1.165, 1.54) is 0 Å². The summed E-state index contributed by atoms with van der Waals surface area (Å²) in [5, 5.41) is 0. The van der Waals surface area contributed by atoms with Crippen molar-refractivity contribution in [3.05, 3.63) is 0 Å². The Kier molecular flexibility index (Phi) is 3.22. The maximum atomic E-state index is 11.5. The van der Waals surface area contributed by atoms with Crippen molar-refractivity contribution >= 4 is 17.8 Å². The zero-order chi connectivity index (χ0) is 10.7. The summed E-state index contributed by atoms with van der Waals surface area (Å²) < 4.78 is 0. The van der Waals surface area contributed by atoms with Crippen LogP contribution in [-0.4, -0.2) is 40.7 Å². The first-order valence-electron chi connectivity index (χ1n) is 4.80. The molecule has 5 heteroatoms. The molecule has 0 aromatic rings. The van der Waals surface area contributed by atoms with Crippen molar-refractivity contribution in [3.63, 3.8) is 0 Å². The van der Waals surface area contributed by atoms with Crippen LogP contribution in [0.15, 0.2) is 0 Å². The van der Waals surface area contributed by atoms with E-state index in [1.54, 1.807) is 0 Å². The lowest BCUT2D eigenvalue weighted by Gasteiger charge is -2.13. The third kappa shape index (κ3) is 1.62. The molecule has 78 valence electrons. The molecule has 0 atom stereocenters. The number of imide groups is 2. The van der Waals surface area contributed by atoms with Crippen LogP contribution in [0, 0.1) is 0 Å². The summed E-state index contributed by atoms with van der Waals surface area (Å²) in [4.78, 5) is 36.1. The fourth-order valence-corrected chi connectivity index (χ4v) is 1.39. The van der Waals surface area contributed by atoms with E-state index >= 15 is 0 Å². The zero-order valence-electron chi connectivity index (χ0n) is 8.45. The highest BCUT2D eigenvalue weighted by Crippen LogP contribution is 2.12. The van der Waals surface area contributed by atoms with Crippen LogP contribution in [0.5, 0.6) is 0 Å². The van der Waals surface area contributed by atoms with Crippen LogP contribution in [-0.2, 0) is 9.59 Å². The van der Waals surface area contributed by atoms with Gasteiger partial charge in [0.2, 0.25) is 0 Å². The van der Waals surface area contributed by atoms with Gasteiger partial charge in [-0.25, -0.2) is 4.79 Å². The molecule has 0 aromatic heterocycles. The van der Waals surface area contributed by atoms with Crippen LogP contribution in [0.3, 0.4) is 0 Å². The SMILES string of the molecule is CCCN1C(=O)C(=O)N(CCC)C1=O. The van der Waals surface area contributed by atoms with Gasteiger partial charge in [-0.2, -0.15) is 0 Å². The minimum atomic E-state index is -0.690. The molecular weight excluding hydrogens is 184 g/mol. The van der Waals surface area contributed by atoms with Crippen LogP contribution in [0.2, 0.25) is 0 Å². The molecule has 0 bridgehead atoms. The highest BCUT2D eigenvalue weighted by atomic mass is 16.2. The maximum Gasteiger partial charge on any atom is 0.334 e. The molecule has 1 fully saturated rings. The number of urea groups is 1. The summed E-state index contributed by atoms with van der Waals surface area (Å²) in [5.74, 6) is -1.38. The van der Waals surface area contributed by atoms with E-state index in [1.807, 2.05) is 13.8 Å². The van der Waals surface area contributed by atoms with E-state index in [-0.39, 0.29) is 0 Å². The monoisotopic (exact) mass is 198 g/mol. The molecule has 1 heterocycles. The fraction of sp³-hybridized carbons (Fsp3) is 0.667. The minimum absolute atomic E-state index is 0.323. The largest absolute Gasteiger partial charge is 0.334 e. The lowest BCUT2D eigenvalue weighted by atomic mass is 10.4. The van der Waals surface area contributed by atoms with Gasteiger partial charge in [-0.1, -0.05) is 13.8 Å². The second kappa shape index (κ2) is 4.21. The number of rotatable bonds is 4. The Morgan fingerprint density at radius 2 is 1.21 bits per heavy atom. The quantitative estimate of drug-likeness (QED) is 0.491. The Bertz CT molecular complexity index is 249. The van der Waals surface area contributed by atoms with Gasteiger partial charge in [-0.05, 0) is 12.8 Å². The van der Waals surface area contributed by atoms with Gasteiger partial charge in [0, 0.05) is 13.1 Å². The Balaban J connectivity index is 2.80. The molecule has 0 aromatic carbocycles. The molecule has 5 nitrogen and oxygen atoms in total. The molecule has 0 N–H and O–H groups in total. The Morgan fingerprint density at radius 3 is 1.50 bits per heavy atom. The third-order valence-corrected chi connectivity index (χ3v) is 2.03. The summed E-state index contributed by atoms with van der Waals surface area (Å²) >= 11 is 0. The van der Waals surface area contributed by atoms with Crippen molar-refractivity contribution in [2.75, 3.05) is 13.1 Å².